The zero-order valence-corrected chi connectivity index (χ0v) is 15.9. The monoisotopic (exact) mass is 388 g/mol. The van der Waals surface area contributed by atoms with Crippen LogP contribution in [0.3, 0.4) is 0 Å². The van der Waals surface area contributed by atoms with Crippen LogP contribution in [0.15, 0.2) is 23.1 Å². The maximum atomic E-state index is 12.6. The van der Waals surface area contributed by atoms with Gasteiger partial charge in [0, 0.05) is 27.2 Å². The van der Waals surface area contributed by atoms with Gasteiger partial charge in [-0.2, -0.15) is 4.31 Å². The summed E-state index contributed by atoms with van der Waals surface area (Å²) >= 11 is 6.02. The summed E-state index contributed by atoms with van der Waals surface area (Å²) in [4.78, 5) is 25.4. The van der Waals surface area contributed by atoms with E-state index in [1.165, 1.54) is 34.3 Å². The maximum Gasteiger partial charge on any atom is 0.340 e. The topological polar surface area (TPSA) is 84.0 Å². The molecule has 138 valence electrons. The van der Waals surface area contributed by atoms with Crippen LogP contribution in [0.1, 0.15) is 30.1 Å². The van der Waals surface area contributed by atoms with Crippen LogP contribution >= 0.6 is 11.6 Å². The van der Waals surface area contributed by atoms with E-state index in [0.717, 1.165) is 12.8 Å². The number of hydrogen-bond donors (Lipinski definition) is 0. The van der Waals surface area contributed by atoms with E-state index in [9.17, 15) is 18.0 Å². The summed E-state index contributed by atoms with van der Waals surface area (Å²) in [7, 11) is -0.589. The molecule has 0 aromatic heterocycles. The van der Waals surface area contributed by atoms with Crippen molar-refractivity contribution in [3.8, 4) is 0 Å². The standard InChI is InChI=1S/C16H21ClN2O5S/c1-11(15(20)18(2)3)24-16(21)13-10-12(6-7-14(13)17)25(22,23)19-8-4-5-9-19/h6-7,10-11H,4-5,8-9H2,1-3H3/t11-/m1/s1. The molecule has 2 rings (SSSR count). The van der Waals surface area contributed by atoms with Crippen LogP contribution in [-0.4, -0.2) is 62.8 Å². The van der Waals surface area contributed by atoms with Crippen LogP contribution < -0.4 is 0 Å². The number of rotatable bonds is 5. The van der Waals surface area contributed by atoms with Crippen molar-refractivity contribution >= 4 is 33.5 Å². The van der Waals surface area contributed by atoms with E-state index in [-0.39, 0.29) is 21.4 Å². The normalized spacial score (nSPS) is 16.5. The lowest BCUT2D eigenvalue weighted by Crippen LogP contribution is -2.35. The third-order valence-electron chi connectivity index (χ3n) is 3.93. The van der Waals surface area contributed by atoms with Crippen LogP contribution in [0.25, 0.3) is 0 Å². The highest BCUT2D eigenvalue weighted by atomic mass is 35.5. The Labute approximate surface area is 152 Å². The molecule has 1 saturated heterocycles. The molecular weight excluding hydrogens is 368 g/mol. The molecular formula is C16H21ClN2O5S. The van der Waals surface area contributed by atoms with Crippen LogP contribution in [-0.2, 0) is 19.6 Å². The van der Waals surface area contributed by atoms with Crippen LogP contribution in [0.4, 0.5) is 0 Å². The number of carbonyl (C=O) groups is 2. The summed E-state index contributed by atoms with van der Waals surface area (Å²) in [5.74, 6) is -1.23. The Bertz CT molecular complexity index is 773. The second kappa shape index (κ2) is 7.72. The van der Waals surface area contributed by atoms with Gasteiger partial charge < -0.3 is 9.64 Å². The van der Waals surface area contributed by atoms with Gasteiger partial charge in [-0.15, -0.1) is 0 Å². The quantitative estimate of drug-likeness (QED) is 0.717. The molecule has 1 aromatic rings. The van der Waals surface area contributed by atoms with E-state index >= 15 is 0 Å². The van der Waals surface area contributed by atoms with Crippen molar-refractivity contribution in [3.63, 3.8) is 0 Å². The molecule has 0 unspecified atom stereocenters. The molecule has 0 spiro atoms. The van der Waals surface area contributed by atoms with Gasteiger partial charge in [0.1, 0.15) is 0 Å². The number of likely N-dealkylation sites (N-methyl/N-ethyl adjacent to an activating group) is 1. The van der Waals surface area contributed by atoms with Gasteiger partial charge in [-0.1, -0.05) is 11.6 Å². The highest BCUT2D eigenvalue weighted by molar-refractivity contribution is 7.89. The van der Waals surface area contributed by atoms with Gasteiger partial charge in [0.25, 0.3) is 5.91 Å². The third-order valence-corrected chi connectivity index (χ3v) is 6.16. The molecule has 7 nitrogen and oxygen atoms in total. The number of halogens is 1. The summed E-state index contributed by atoms with van der Waals surface area (Å²) in [6, 6.07) is 3.91. The van der Waals surface area contributed by atoms with Crippen LogP contribution in [0, 0.1) is 0 Å². The Kier molecular flexibility index (Phi) is 6.08. The second-order valence-electron chi connectivity index (χ2n) is 6.03. The number of sulfonamides is 1. The minimum absolute atomic E-state index is 0.0164. The highest BCUT2D eigenvalue weighted by Crippen LogP contribution is 2.26. The SMILES string of the molecule is C[C@@H](OC(=O)c1cc(S(=O)(=O)N2CCCC2)ccc1Cl)C(=O)N(C)C. The van der Waals surface area contributed by atoms with Gasteiger partial charge in [0.15, 0.2) is 6.10 Å². The molecule has 1 aromatic carbocycles. The fraction of sp³-hybridized carbons (Fsp3) is 0.500. The molecule has 0 N–H and O–H groups in total. The van der Waals surface area contributed by atoms with Crippen molar-refractivity contribution in [2.24, 2.45) is 0 Å². The average molecular weight is 389 g/mol. The zero-order valence-electron chi connectivity index (χ0n) is 14.4. The predicted molar refractivity (Wildman–Crippen MR) is 93.0 cm³/mol. The van der Waals surface area contributed by atoms with Gasteiger partial charge >= 0.3 is 5.97 Å². The fourth-order valence-electron chi connectivity index (χ4n) is 2.54. The number of ether oxygens (including phenoxy) is 1. The highest BCUT2D eigenvalue weighted by Gasteiger charge is 2.29. The van der Waals surface area contributed by atoms with Gasteiger partial charge in [-0.25, -0.2) is 13.2 Å². The average Bonchev–Trinajstić information content (AvgIpc) is 3.09. The predicted octanol–water partition coefficient (Wildman–Crippen LogP) is 1.76. The molecule has 1 fully saturated rings. The van der Waals surface area contributed by atoms with Crippen molar-refractivity contribution in [3.05, 3.63) is 28.8 Å². The van der Waals surface area contributed by atoms with E-state index in [4.69, 9.17) is 16.3 Å². The first-order valence-electron chi connectivity index (χ1n) is 7.86. The summed E-state index contributed by atoms with van der Waals surface area (Å²) in [6.07, 6.45) is 0.620. The molecule has 0 saturated carbocycles. The Morgan fingerprint density at radius 3 is 2.40 bits per heavy atom. The van der Waals surface area contributed by atoms with E-state index in [2.05, 4.69) is 0 Å². The number of amides is 1. The molecule has 9 heteroatoms. The molecule has 1 amide bonds. The lowest BCUT2D eigenvalue weighted by atomic mass is 10.2. The largest absolute Gasteiger partial charge is 0.449 e. The number of esters is 1. The molecule has 0 radical (unpaired) electrons. The van der Waals surface area contributed by atoms with Crippen molar-refractivity contribution in [2.75, 3.05) is 27.2 Å². The molecule has 25 heavy (non-hydrogen) atoms. The first kappa shape index (κ1) is 19.7. The van der Waals surface area contributed by atoms with E-state index in [1.54, 1.807) is 14.1 Å². The van der Waals surface area contributed by atoms with Gasteiger partial charge in [0.05, 0.1) is 15.5 Å². The summed E-state index contributed by atoms with van der Waals surface area (Å²) in [6.45, 7) is 2.36. The first-order valence-corrected chi connectivity index (χ1v) is 9.68. The number of hydrogen-bond acceptors (Lipinski definition) is 5. The Morgan fingerprint density at radius 2 is 1.84 bits per heavy atom. The summed E-state index contributed by atoms with van der Waals surface area (Å²) < 4.78 is 31.7. The number of carbonyl (C=O) groups excluding carboxylic acids is 2. The zero-order chi connectivity index (χ0) is 18.8. The van der Waals surface area contributed by atoms with E-state index in [1.807, 2.05) is 0 Å². The third kappa shape index (κ3) is 4.31. The summed E-state index contributed by atoms with van der Waals surface area (Å²) in [5, 5.41) is 0.0647. The fourth-order valence-corrected chi connectivity index (χ4v) is 4.28. The minimum Gasteiger partial charge on any atom is -0.449 e. The van der Waals surface area contributed by atoms with Crippen molar-refractivity contribution in [1.29, 1.82) is 0 Å². The lowest BCUT2D eigenvalue weighted by molar-refractivity contribution is -0.137. The summed E-state index contributed by atoms with van der Waals surface area (Å²) in [5.41, 5.74) is -0.0830. The van der Waals surface area contributed by atoms with E-state index in [0.29, 0.717) is 13.1 Å². The smallest absolute Gasteiger partial charge is 0.340 e. The maximum absolute atomic E-state index is 12.6. The first-order chi connectivity index (χ1) is 11.6. The number of benzene rings is 1. The van der Waals surface area contributed by atoms with Crippen molar-refractivity contribution in [1.82, 2.24) is 9.21 Å². The van der Waals surface area contributed by atoms with Crippen LogP contribution in [0.2, 0.25) is 5.02 Å². The molecule has 0 bridgehead atoms. The molecule has 0 aliphatic carbocycles. The Balaban J connectivity index is 2.27. The Morgan fingerprint density at radius 1 is 1.24 bits per heavy atom. The van der Waals surface area contributed by atoms with Crippen LogP contribution in [0.5, 0.6) is 0 Å². The molecule has 1 aliphatic rings. The van der Waals surface area contributed by atoms with E-state index < -0.39 is 22.1 Å². The lowest BCUT2D eigenvalue weighted by Gasteiger charge is -2.18. The van der Waals surface area contributed by atoms with Gasteiger partial charge in [-0.05, 0) is 38.0 Å². The molecule has 1 heterocycles. The number of nitrogens with zero attached hydrogens (tertiary/aromatic N) is 2. The molecule has 1 atom stereocenters. The van der Waals surface area contributed by atoms with Crippen molar-refractivity contribution in [2.45, 2.75) is 30.8 Å². The van der Waals surface area contributed by atoms with Gasteiger partial charge in [-0.3, -0.25) is 4.79 Å². The Hall–Kier alpha value is -1.64. The molecule has 1 aliphatic heterocycles. The minimum atomic E-state index is -3.68. The van der Waals surface area contributed by atoms with Gasteiger partial charge in [0.2, 0.25) is 10.0 Å². The van der Waals surface area contributed by atoms with Crippen molar-refractivity contribution < 1.29 is 22.7 Å². The second-order valence-corrected chi connectivity index (χ2v) is 8.38.